The number of hydrogen-bond acceptors (Lipinski definition) is 2. The van der Waals surface area contributed by atoms with Crippen molar-refractivity contribution in [2.45, 2.75) is 149 Å². The van der Waals surface area contributed by atoms with E-state index in [2.05, 4.69) is 120 Å². The van der Waals surface area contributed by atoms with Crippen LogP contribution in [0.15, 0.2) is 84.9 Å². The third-order valence-corrected chi connectivity index (χ3v) is 10.9. The first-order valence-electron chi connectivity index (χ1n) is 19.8. The normalized spacial score (nSPS) is 13.3. The molecule has 2 nitrogen and oxygen atoms in total. The van der Waals surface area contributed by atoms with Gasteiger partial charge in [-0.15, -0.1) is 0 Å². The maximum absolute atomic E-state index is 6.16. The Balaban J connectivity index is 1.63. The zero-order valence-corrected chi connectivity index (χ0v) is 31.6. The summed E-state index contributed by atoms with van der Waals surface area (Å²) < 4.78 is 0. The number of anilines is 2. The summed E-state index contributed by atoms with van der Waals surface area (Å²) in [6, 6.07) is 32.4. The van der Waals surface area contributed by atoms with E-state index in [9.17, 15) is 0 Å². The fraction of sp³-hybridized carbons (Fsp3) is 0.489. The van der Waals surface area contributed by atoms with Crippen LogP contribution in [0.1, 0.15) is 179 Å². The first kappa shape index (κ1) is 38.3. The Morgan fingerprint density at radius 3 is 1.08 bits per heavy atom. The molecule has 0 radical (unpaired) electrons. The Labute approximate surface area is 300 Å². The highest BCUT2D eigenvalue weighted by atomic mass is 14.5. The summed E-state index contributed by atoms with van der Waals surface area (Å²) in [5.74, 6) is 1.21. The number of hydrogen-bond donors (Lipinski definition) is 2. The minimum Gasteiger partial charge on any atom is -0.399 e. The standard InChI is InChI=1S/C47H66N2/c1-6-9-12-13-14-17-18-45(37-21-25-39(26-22-37)46(19-15-10-7-2)43-31-29-41(48)33-35(43)4)38-23-27-40(28-24-38)47(20-16-11-8-3)44-32-30-42(49)34-36(44)5/h21-34,45-47H,6-20,48-49H2,1-5H3. The van der Waals surface area contributed by atoms with E-state index in [1.54, 1.807) is 0 Å². The fourth-order valence-electron chi connectivity index (χ4n) is 7.96. The van der Waals surface area contributed by atoms with Crippen molar-refractivity contribution < 1.29 is 0 Å². The van der Waals surface area contributed by atoms with Gasteiger partial charge in [-0.05, 0) is 102 Å². The minimum atomic E-state index is 0.402. The Morgan fingerprint density at radius 2 is 0.694 bits per heavy atom. The molecule has 0 saturated heterocycles. The second kappa shape index (κ2) is 20.2. The molecule has 0 aromatic heterocycles. The van der Waals surface area contributed by atoms with Gasteiger partial charge in [-0.2, -0.15) is 0 Å². The van der Waals surface area contributed by atoms with E-state index in [4.69, 9.17) is 11.5 Å². The lowest BCUT2D eigenvalue weighted by Crippen LogP contribution is -2.07. The first-order valence-corrected chi connectivity index (χ1v) is 19.8. The lowest BCUT2D eigenvalue weighted by Gasteiger charge is -2.24. The van der Waals surface area contributed by atoms with Crippen LogP contribution in [0.3, 0.4) is 0 Å². The molecule has 0 bridgehead atoms. The van der Waals surface area contributed by atoms with Gasteiger partial charge < -0.3 is 11.5 Å². The zero-order chi connectivity index (χ0) is 35.0. The van der Waals surface area contributed by atoms with Crippen LogP contribution < -0.4 is 11.5 Å². The number of nitrogens with two attached hydrogens (primary N) is 2. The van der Waals surface area contributed by atoms with E-state index < -0.39 is 0 Å². The van der Waals surface area contributed by atoms with Crippen molar-refractivity contribution in [1.82, 2.24) is 0 Å². The van der Waals surface area contributed by atoms with Crippen LogP contribution in [0.4, 0.5) is 11.4 Å². The monoisotopic (exact) mass is 659 g/mol. The molecule has 0 fully saturated rings. The number of benzene rings is 4. The third-order valence-electron chi connectivity index (χ3n) is 10.9. The van der Waals surface area contributed by atoms with E-state index in [1.807, 2.05) is 0 Å². The molecule has 4 aromatic rings. The largest absolute Gasteiger partial charge is 0.399 e. The molecule has 2 unspecified atom stereocenters. The molecule has 0 aliphatic rings. The molecule has 0 aliphatic carbocycles. The Kier molecular flexibility index (Phi) is 15.8. The Morgan fingerprint density at radius 1 is 0.388 bits per heavy atom. The molecule has 0 aliphatic heterocycles. The highest BCUT2D eigenvalue weighted by Crippen LogP contribution is 2.38. The summed E-state index contributed by atoms with van der Waals surface area (Å²) in [6.45, 7) is 11.3. The van der Waals surface area contributed by atoms with Crippen molar-refractivity contribution in [3.05, 3.63) is 129 Å². The van der Waals surface area contributed by atoms with Gasteiger partial charge in [0.15, 0.2) is 0 Å². The number of nitrogen functional groups attached to an aromatic ring is 2. The van der Waals surface area contributed by atoms with E-state index in [1.165, 1.54) is 141 Å². The van der Waals surface area contributed by atoms with Crippen LogP contribution in [0.2, 0.25) is 0 Å². The lowest BCUT2D eigenvalue weighted by molar-refractivity contribution is 0.567. The predicted octanol–water partition coefficient (Wildman–Crippen LogP) is 13.8. The van der Waals surface area contributed by atoms with E-state index in [-0.39, 0.29) is 0 Å². The van der Waals surface area contributed by atoms with Crippen molar-refractivity contribution >= 4 is 11.4 Å². The summed E-state index contributed by atoms with van der Waals surface area (Å²) in [6.07, 6.45) is 19.0. The predicted molar refractivity (Wildman–Crippen MR) is 216 cm³/mol. The Bertz CT molecular complexity index is 1410. The molecular formula is C47H66N2. The summed E-state index contributed by atoms with van der Waals surface area (Å²) in [7, 11) is 0. The van der Waals surface area contributed by atoms with Crippen LogP contribution in [-0.4, -0.2) is 0 Å². The van der Waals surface area contributed by atoms with Gasteiger partial charge in [0.1, 0.15) is 0 Å². The van der Waals surface area contributed by atoms with Crippen molar-refractivity contribution in [2.24, 2.45) is 0 Å². The van der Waals surface area contributed by atoms with Gasteiger partial charge in [0.25, 0.3) is 0 Å². The molecule has 0 heterocycles. The van der Waals surface area contributed by atoms with Gasteiger partial charge in [-0.1, -0.05) is 158 Å². The van der Waals surface area contributed by atoms with Crippen LogP contribution >= 0.6 is 0 Å². The second-order valence-corrected chi connectivity index (χ2v) is 14.8. The average molecular weight is 659 g/mol. The number of rotatable bonds is 21. The van der Waals surface area contributed by atoms with Crippen LogP contribution in [0, 0.1) is 13.8 Å². The van der Waals surface area contributed by atoms with Gasteiger partial charge in [-0.25, -0.2) is 0 Å². The van der Waals surface area contributed by atoms with Gasteiger partial charge in [0, 0.05) is 29.1 Å². The minimum absolute atomic E-state index is 0.402. The Hall–Kier alpha value is -3.52. The van der Waals surface area contributed by atoms with Crippen LogP contribution in [0.25, 0.3) is 0 Å². The van der Waals surface area contributed by atoms with E-state index in [0.29, 0.717) is 17.8 Å². The quantitative estimate of drug-likeness (QED) is 0.0691. The maximum Gasteiger partial charge on any atom is 0.0316 e. The summed E-state index contributed by atoms with van der Waals surface area (Å²) in [5.41, 5.74) is 25.2. The van der Waals surface area contributed by atoms with Crippen LogP contribution in [-0.2, 0) is 0 Å². The second-order valence-electron chi connectivity index (χ2n) is 14.8. The molecule has 0 spiro atoms. The summed E-state index contributed by atoms with van der Waals surface area (Å²) in [5, 5.41) is 0. The lowest BCUT2D eigenvalue weighted by atomic mass is 9.81. The molecule has 4 rings (SSSR count). The highest BCUT2D eigenvalue weighted by Gasteiger charge is 2.21. The molecule has 49 heavy (non-hydrogen) atoms. The molecule has 0 saturated carbocycles. The van der Waals surface area contributed by atoms with E-state index >= 15 is 0 Å². The molecule has 264 valence electrons. The van der Waals surface area contributed by atoms with Crippen LogP contribution in [0.5, 0.6) is 0 Å². The van der Waals surface area contributed by atoms with Crippen molar-refractivity contribution in [2.75, 3.05) is 11.5 Å². The van der Waals surface area contributed by atoms with E-state index in [0.717, 1.165) is 11.4 Å². The fourth-order valence-corrected chi connectivity index (χ4v) is 7.96. The molecule has 4 N–H and O–H groups in total. The SMILES string of the molecule is CCCCCCCCC(c1ccc(C(CCCCC)c2ccc(N)cc2C)cc1)c1ccc(C(CCCCC)c2ccc(N)cc2C)cc1. The van der Waals surface area contributed by atoms with Crippen molar-refractivity contribution in [1.29, 1.82) is 0 Å². The van der Waals surface area contributed by atoms with Gasteiger partial charge >= 0.3 is 0 Å². The third kappa shape index (κ3) is 11.2. The molecule has 2 atom stereocenters. The topological polar surface area (TPSA) is 52.0 Å². The van der Waals surface area contributed by atoms with Gasteiger partial charge in [0.2, 0.25) is 0 Å². The average Bonchev–Trinajstić information content (AvgIpc) is 3.10. The zero-order valence-electron chi connectivity index (χ0n) is 31.6. The first-order chi connectivity index (χ1) is 23.9. The number of unbranched alkanes of at least 4 members (excludes halogenated alkanes) is 9. The van der Waals surface area contributed by atoms with Crippen molar-refractivity contribution in [3.8, 4) is 0 Å². The summed E-state index contributed by atoms with van der Waals surface area (Å²) in [4.78, 5) is 0. The summed E-state index contributed by atoms with van der Waals surface area (Å²) >= 11 is 0. The smallest absolute Gasteiger partial charge is 0.0316 e. The molecule has 0 amide bonds. The van der Waals surface area contributed by atoms with Gasteiger partial charge in [-0.3, -0.25) is 0 Å². The molecule has 4 aromatic carbocycles. The maximum atomic E-state index is 6.16. The molecular weight excluding hydrogens is 593 g/mol. The van der Waals surface area contributed by atoms with Gasteiger partial charge in [0.05, 0.1) is 0 Å². The van der Waals surface area contributed by atoms with Crippen molar-refractivity contribution in [3.63, 3.8) is 0 Å². The number of aryl methyl sites for hydroxylation is 2. The molecule has 2 heteroatoms. The highest BCUT2D eigenvalue weighted by molar-refractivity contribution is 5.50.